The number of rotatable bonds is 7. The second-order valence-electron chi connectivity index (χ2n) is 6.80. The number of halogens is 1. The molecule has 2 rings (SSSR count). The van der Waals surface area contributed by atoms with Gasteiger partial charge in [0.2, 0.25) is 0 Å². The molecular weight excluding hydrogens is 326 g/mol. The topological polar surface area (TPSA) is 29.9 Å². The van der Waals surface area contributed by atoms with Gasteiger partial charge in [-0.25, -0.2) is 0 Å². The fraction of sp³-hybridized carbons (Fsp3) is 0.824. The lowest BCUT2D eigenvalue weighted by molar-refractivity contribution is 0.279. The first-order valence-electron chi connectivity index (χ1n) is 8.55. The van der Waals surface area contributed by atoms with Gasteiger partial charge < -0.3 is 5.32 Å². The van der Waals surface area contributed by atoms with E-state index in [0.717, 1.165) is 37.9 Å². The molecule has 1 fully saturated rings. The number of hydrogen-bond donors (Lipinski definition) is 1. The molecule has 21 heavy (non-hydrogen) atoms. The van der Waals surface area contributed by atoms with Gasteiger partial charge in [0.25, 0.3) is 0 Å². The van der Waals surface area contributed by atoms with E-state index in [2.05, 4.69) is 51.8 Å². The van der Waals surface area contributed by atoms with Crippen LogP contribution >= 0.6 is 15.9 Å². The lowest BCUT2D eigenvalue weighted by Crippen LogP contribution is -2.32. The zero-order valence-corrected chi connectivity index (χ0v) is 15.3. The van der Waals surface area contributed by atoms with Crippen LogP contribution < -0.4 is 5.32 Å². The highest BCUT2D eigenvalue weighted by molar-refractivity contribution is 9.10. The maximum atomic E-state index is 4.57. The molecule has 1 saturated carbocycles. The molecule has 0 radical (unpaired) electrons. The van der Waals surface area contributed by atoms with Gasteiger partial charge in [-0.2, -0.15) is 5.10 Å². The molecule has 1 aromatic heterocycles. The predicted molar refractivity (Wildman–Crippen MR) is 92.6 cm³/mol. The Kier molecular flexibility index (Phi) is 6.74. The maximum absolute atomic E-state index is 4.57. The van der Waals surface area contributed by atoms with E-state index < -0.39 is 0 Å². The highest BCUT2D eigenvalue weighted by atomic mass is 79.9. The summed E-state index contributed by atoms with van der Waals surface area (Å²) in [6, 6.07) is 0. The summed E-state index contributed by atoms with van der Waals surface area (Å²) in [6.45, 7) is 10.1. The number of hydrogen-bond acceptors (Lipinski definition) is 2. The Hall–Kier alpha value is -0.350. The van der Waals surface area contributed by atoms with Crippen molar-refractivity contribution in [1.82, 2.24) is 15.1 Å². The van der Waals surface area contributed by atoms with E-state index in [1.165, 1.54) is 35.8 Å². The molecule has 0 spiro atoms. The summed E-state index contributed by atoms with van der Waals surface area (Å²) < 4.78 is 3.44. The van der Waals surface area contributed by atoms with Crippen LogP contribution in [0.15, 0.2) is 10.7 Å². The predicted octanol–water partition coefficient (Wildman–Crippen LogP) is 4.58. The summed E-state index contributed by atoms with van der Waals surface area (Å²) in [7, 11) is 0. The van der Waals surface area contributed by atoms with Crippen LogP contribution in [-0.4, -0.2) is 22.9 Å². The number of aromatic nitrogens is 2. The van der Waals surface area contributed by atoms with Gasteiger partial charge in [-0.3, -0.25) is 4.68 Å². The van der Waals surface area contributed by atoms with Crippen molar-refractivity contribution in [2.24, 2.45) is 11.8 Å². The molecule has 1 heterocycles. The van der Waals surface area contributed by atoms with E-state index in [0.29, 0.717) is 5.92 Å². The van der Waals surface area contributed by atoms with Crippen LogP contribution in [0, 0.1) is 11.8 Å². The third-order valence-corrected chi connectivity index (χ3v) is 5.10. The van der Waals surface area contributed by atoms with Crippen molar-refractivity contribution in [3.8, 4) is 0 Å². The first kappa shape index (κ1) is 17.0. The quantitative estimate of drug-likeness (QED) is 0.775. The van der Waals surface area contributed by atoms with Gasteiger partial charge in [-0.15, -0.1) is 0 Å². The van der Waals surface area contributed by atoms with E-state index in [-0.39, 0.29) is 0 Å². The lowest BCUT2D eigenvalue weighted by Gasteiger charge is -2.33. The van der Waals surface area contributed by atoms with Crippen LogP contribution in [0.2, 0.25) is 0 Å². The zero-order chi connectivity index (χ0) is 15.2. The molecule has 2 atom stereocenters. The average Bonchev–Trinajstić information content (AvgIpc) is 2.81. The highest BCUT2D eigenvalue weighted by Gasteiger charge is 2.30. The normalized spacial score (nSPS) is 22.9. The fourth-order valence-electron chi connectivity index (χ4n) is 3.50. The third kappa shape index (κ3) is 4.56. The van der Waals surface area contributed by atoms with Gasteiger partial charge in [0.05, 0.1) is 16.4 Å². The Balaban J connectivity index is 2.09. The van der Waals surface area contributed by atoms with Gasteiger partial charge in [0, 0.05) is 12.5 Å². The molecule has 120 valence electrons. The molecule has 1 aromatic rings. The average molecular weight is 356 g/mol. The summed E-state index contributed by atoms with van der Waals surface area (Å²) in [4.78, 5) is 0. The summed E-state index contributed by atoms with van der Waals surface area (Å²) in [5, 5.41) is 8.25. The van der Waals surface area contributed by atoms with Crippen LogP contribution in [0.25, 0.3) is 0 Å². The van der Waals surface area contributed by atoms with Crippen molar-refractivity contribution in [3.05, 3.63) is 16.4 Å². The Morgan fingerprint density at radius 3 is 2.86 bits per heavy atom. The number of aryl methyl sites for hydroxylation is 1. The molecule has 0 bridgehead atoms. The van der Waals surface area contributed by atoms with Crippen molar-refractivity contribution in [2.45, 2.75) is 65.3 Å². The molecule has 0 amide bonds. The number of nitrogens with one attached hydrogen (secondary N) is 1. The van der Waals surface area contributed by atoms with Gasteiger partial charge >= 0.3 is 0 Å². The van der Waals surface area contributed by atoms with Crippen molar-refractivity contribution in [1.29, 1.82) is 0 Å². The lowest BCUT2D eigenvalue weighted by atomic mass is 9.77. The standard InChI is InChI=1S/C17H30BrN3/c1-4-9-21-17(16(18)12-20-21)15-8-6-5-7-14(15)11-19-10-13(2)3/h12-15,19H,4-11H2,1-3H3. The van der Waals surface area contributed by atoms with E-state index in [9.17, 15) is 0 Å². The van der Waals surface area contributed by atoms with Gasteiger partial charge in [-0.1, -0.05) is 33.6 Å². The molecule has 1 N–H and O–H groups in total. The summed E-state index contributed by atoms with van der Waals surface area (Å²) in [6.07, 6.45) is 8.52. The van der Waals surface area contributed by atoms with Gasteiger partial charge in [0.15, 0.2) is 0 Å². The van der Waals surface area contributed by atoms with E-state index in [1.807, 2.05) is 6.20 Å². The molecule has 0 aliphatic heterocycles. The minimum atomic E-state index is 0.654. The van der Waals surface area contributed by atoms with Crippen LogP contribution in [0.3, 0.4) is 0 Å². The van der Waals surface area contributed by atoms with Crippen molar-refractivity contribution >= 4 is 15.9 Å². The third-order valence-electron chi connectivity index (χ3n) is 4.49. The Morgan fingerprint density at radius 2 is 2.14 bits per heavy atom. The van der Waals surface area contributed by atoms with Crippen LogP contribution in [0.1, 0.15) is 64.5 Å². The Bertz CT molecular complexity index is 428. The van der Waals surface area contributed by atoms with Crippen LogP contribution in [0.5, 0.6) is 0 Å². The fourth-order valence-corrected chi connectivity index (χ4v) is 4.09. The molecule has 3 nitrogen and oxygen atoms in total. The second kappa shape index (κ2) is 8.33. The first-order valence-corrected chi connectivity index (χ1v) is 9.34. The maximum Gasteiger partial charge on any atom is 0.0635 e. The van der Waals surface area contributed by atoms with E-state index >= 15 is 0 Å². The summed E-state index contributed by atoms with van der Waals surface area (Å²) in [5.74, 6) is 2.13. The smallest absolute Gasteiger partial charge is 0.0635 e. The van der Waals surface area contributed by atoms with E-state index in [1.54, 1.807) is 0 Å². The van der Waals surface area contributed by atoms with Crippen molar-refractivity contribution < 1.29 is 0 Å². The van der Waals surface area contributed by atoms with Crippen molar-refractivity contribution in [3.63, 3.8) is 0 Å². The van der Waals surface area contributed by atoms with Crippen LogP contribution in [0.4, 0.5) is 0 Å². The molecule has 4 heteroatoms. The Morgan fingerprint density at radius 1 is 1.38 bits per heavy atom. The molecular formula is C17H30BrN3. The first-order chi connectivity index (χ1) is 10.1. The summed E-state index contributed by atoms with van der Waals surface area (Å²) >= 11 is 3.74. The Labute approximate surface area is 138 Å². The molecule has 0 aromatic carbocycles. The van der Waals surface area contributed by atoms with Gasteiger partial charge in [-0.05, 0) is 60.1 Å². The second-order valence-corrected chi connectivity index (χ2v) is 7.66. The molecule has 0 saturated heterocycles. The SMILES string of the molecule is CCCn1ncc(Br)c1C1CCCCC1CNCC(C)C. The minimum absolute atomic E-state index is 0.654. The monoisotopic (exact) mass is 355 g/mol. The molecule has 1 aliphatic rings. The van der Waals surface area contributed by atoms with Gasteiger partial charge in [0.1, 0.15) is 0 Å². The zero-order valence-electron chi connectivity index (χ0n) is 13.7. The van der Waals surface area contributed by atoms with Crippen molar-refractivity contribution in [2.75, 3.05) is 13.1 Å². The highest BCUT2D eigenvalue weighted by Crippen LogP contribution is 2.40. The van der Waals surface area contributed by atoms with E-state index in [4.69, 9.17) is 0 Å². The van der Waals surface area contributed by atoms with Crippen LogP contribution in [-0.2, 0) is 6.54 Å². The molecule has 2 unspecified atom stereocenters. The minimum Gasteiger partial charge on any atom is -0.316 e. The summed E-state index contributed by atoms with van der Waals surface area (Å²) in [5.41, 5.74) is 1.44. The molecule has 1 aliphatic carbocycles. The largest absolute Gasteiger partial charge is 0.316 e. The number of nitrogens with zero attached hydrogens (tertiary/aromatic N) is 2.